The summed E-state index contributed by atoms with van der Waals surface area (Å²) in [5.74, 6) is 4.47. The molecule has 4 bridgehead atoms. The van der Waals surface area contributed by atoms with Crippen LogP contribution in [-0.4, -0.2) is 18.2 Å². The lowest BCUT2D eigenvalue weighted by Gasteiger charge is -2.50. The van der Waals surface area contributed by atoms with Crippen molar-refractivity contribution in [1.82, 2.24) is 5.43 Å². The van der Waals surface area contributed by atoms with Crippen molar-refractivity contribution in [3.05, 3.63) is 59.7 Å². The minimum atomic E-state index is -0.139. The van der Waals surface area contributed by atoms with Crippen molar-refractivity contribution >= 4 is 11.6 Å². The summed E-state index contributed by atoms with van der Waals surface area (Å²) >= 11 is 0. The van der Waals surface area contributed by atoms with E-state index >= 15 is 0 Å². The SMILES string of the molecule is CCOc1ccc(OCc2ccc(C(=O)NN=C3C4CC5CC(C4)CC3C5)cc2)cc1. The first kappa shape index (κ1) is 20.1. The van der Waals surface area contributed by atoms with Gasteiger partial charge in [-0.3, -0.25) is 4.79 Å². The number of hydrogen-bond donors (Lipinski definition) is 1. The van der Waals surface area contributed by atoms with Crippen molar-refractivity contribution in [3.8, 4) is 11.5 Å². The fraction of sp³-hybridized carbons (Fsp3) is 0.462. The predicted octanol–water partition coefficient (Wildman–Crippen LogP) is 5.21. The topological polar surface area (TPSA) is 59.9 Å². The molecule has 0 spiro atoms. The maximum atomic E-state index is 12.6. The number of carbonyl (C=O) groups excluding carboxylic acids is 1. The highest BCUT2D eigenvalue weighted by Gasteiger charge is 2.46. The molecule has 1 N–H and O–H groups in total. The van der Waals surface area contributed by atoms with E-state index in [2.05, 4.69) is 10.5 Å². The molecule has 5 nitrogen and oxygen atoms in total. The van der Waals surface area contributed by atoms with Gasteiger partial charge in [-0.1, -0.05) is 12.1 Å². The number of benzene rings is 2. The first-order valence-electron chi connectivity index (χ1n) is 11.5. The number of nitrogens with one attached hydrogen (secondary N) is 1. The highest BCUT2D eigenvalue weighted by molar-refractivity contribution is 5.96. The number of nitrogens with zero attached hydrogens (tertiary/aromatic N) is 1. The van der Waals surface area contributed by atoms with E-state index in [0.717, 1.165) is 28.9 Å². The Labute approximate surface area is 183 Å². The third-order valence-electron chi connectivity index (χ3n) is 7.02. The largest absolute Gasteiger partial charge is 0.494 e. The van der Waals surface area contributed by atoms with Crippen molar-refractivity contribution in [1.29, 1.82) is 0 Å². The summed E-state index contributed by atoms with van der Waals surface area (Å²) in [6.07, 6.45) is 6.49. The van der Waals surface area contributed by atoms with Gasteiger partial charge >= 0.3 is 0 Å². The molecule has 1 amide bonds. The molecule has 5 heteroatoms. The Hall–Kier alpha value is -2.82. The molecular formula is C26H30N2O3. The molecule has 4 fully saturated rings. The van der Waals surface area contributed by atoms with Gasteiger partial charge in [-0.05, 0) is 105 Å². The molecule has 4 saturated carbocycles. The van der Waals surface area contributed by atoms with Gasteiger partial charge in [0.1, 0.15) is 18.1 Å². The molecule has 2 aromatic rings. The van der Waals surface area contributed by atoms with Crippen molar-refractivity contribution in [2.45, 2.75) is 45.6 Å². The van der Waals surface area contributed by atoms with Crippen LogP contribution in [0.3, 0.4) is 0 Å². The summed E-state index contributed by atoms with van der Waals surface area (Å²) in [6.45, 7) is 3.06. The Balaban J connectivity index is 1.15. The molecular weight excluding hydrogens is 388 g/mol. The van der Waals surface area contributed by atoms with Crippen molar-refractivity contribution in [2.75, 3.05) is 6.61 Å². The van der Waals surface area contributed by atoms with Crippen LogP contribution in [0.5, 0.6) is 11.5 Å². The highest BCUT2D eigenvalue weighted by atomic mass is 16.5. The molecule has 162 valence electrons. The van der Waals surface area contributed by atoms with Gasteiger partial charge in [0.2, 0.25) is 0 Å². The summed E-state index contributed by atoms with van der Waals surface area (Å²) in [7, 11) is 0. The van der Waals surface area contributed by atoms with E-state index in [4.69, 9.17) is 9.47 Å². The Morgan fingerprint density at radius 1 is 0.871 bits per heavy atom. The lowest BCUT2D eigenvalue weighted by Crippen LogP contribution is -2.46. The predicted molar refractivity (Wildman–Crippen MR) is 120 cm³/mol. The Bertz CT molecular complexity index is 920. The number of hydrogen-bond acceptors (Lipinski definition) is 4. The van der Waals surface area contributed by atoms with Gasteiger partial charge in [0.15, 0.2) is 0 Å². The summed E-state index contributed by atoms with van der Waals surface area (Å²) < 4.78 is 11.3. The van der Waals surface area contributed by atoms with E-state index in [9.17, 15) is 4.79 Å². The number of carbonyl (C=O) groups is 1. The molecule has 31 heavy (non-hydrogen) atoms. The number of rotatable bonds is 7. The minimum absolute atomic E-state index is 0.139. The lowest BCUT2D eigenvalue weighted by atomic mass is 9.55. The van der Waals surface area contributed by atoms with Crippen LogP contribution in [0.25, 0.3) is 0 Å². The second kappa shape index (κ2) is 8.74. The summed E-state index contributed by atoms with van der Waals surface area (Å²) in [6, 6.07) is 15.1. The normalized spacial score (nSPS) is 25.9. The van der Waals surface area contributed by atoms with Crippen LogP contribution >= 0.6 is 0 Å². The standard InChI is InChI=1S/C26H30N2O3/c1-2-30-23-7-9-24(10-8-23)31-16-17-3-5-20(6-4-17)26(29)28-27-25-21-12-18-11-19(14-21)15-22(25)13-18/h3-10,18-19,21-22H,2,11-16H2,1H3,(H,28,29). The van der Waals surface area contributed by atoms with Gasteiger partial charge in [-0.15, -0.1) is 0 Å². The zero-order valence-corrected chi connectivity index (χ0v) is 18.0. The summed E-state index contributed by atoms with van der Waals surface area (Å²) in [5, 5.41) is 4.60. The van der Waals surface area contributed by atoms with Gasteiger partial charge in [0.25, 0.3) is 5.91 Å². The van der Waals surface area contributed by atoms with Crippen molar-refractivity contribution < 1.29 is 14.3 Å². The molecule has 0 aliphatic heterocycles. The van der Waals surface area contributed by atoms with Crippen LogP contribution < -0.4 is 14.9 Å². The quantitative estimate of drug-likeness (QED) is 0.628. The average molecular weight is 419 g/mol. The van der Waals surface area contributed by atoms with E-state index in [1.54, 1.807) is 0 Å². The molecule has 0 atom stereocenters. The number of ether oxygens (including phenoxy) is 2. The Morgan fingerprint density at radius 2 is 1.45 bits per heavy atom. The third-order valence-corrected chi connectivity index (χ3v) is 7.02. The van der Waals surface area contributed by atoms with Gasteiger partial charge in [0.05, 0.1) is 6.61 Å². The second-order valence-electron chi connectivity index (χ2n) is 9.17. The molecule has 0 unspecified atom stereocenters. The molecule has 4 aliphatic carbocycles. The van der Waals surface area contributed by atoms with Crippen LogP contribution in [-0.2, 0) is 6.61 Å². The average Bonchev–Trinajstić information content (AvgIpc) is 2.78. The molecule has 0 radical (unpaired) electrons. The minimum Gasteiger partial charge on any atom is -0.494 e. The highest BCUT2D eigenvalue weighted by Crippen LogP contribution is 2.52. The smallest absolute Gasteiger partial charge is 0.271 e. The summed E-state index contributed by atoms with van der Waals surface area (Å²) in [4.78, 5) is 12.6. The molecule has 6 rings (SSSR count). The lowest BCUT2D eigenvalue weighted by molar-refractivity contribution is 0.0942. The van der Waals surface area contributed by atoms with Gasteiger partial charge in [-0.2, -0.15) is 5.10 Å². The fourth-order valence-corrected chi connectivity index (χ4v) is 5.75. The van der Waals surface area contributed by atoms with Crippen LogP contribution in [0.4, 0.5) is 0 Å². The van der Waals surface area contributed by atoms with Crippen LogP contribution in [0.2, 0.25) is 0 Å². The monoisotopic (exact) mass is 418 g/mol. The molecule has 2 aromatic carbocycles. The van der Waals surface area contributed by atoms with E-state index < -0.39 is 0 Å². The molecule has 0 heterocycles. The first-order valence-corrected chi connectivity index (χ1v) is 11.5. The zero-order valence-electron chi connectivity index (χ0n) is 18.0. The van der Waals surface area contributed by atoms with Gasteiger partial charge in [-0.25, -0.2) is 5.43 Å². The van der Waals surface area contributed by atoms with Gasteiger partial charge in [0, 0.05) is 11.3 Å². The van der Waals surface area contributed by atoms with E-state index in [1.807, 2.05) is 55.5 Å². The first-order chi connectivity index (χ1) is 15.2. The van der Waals surface area contributed by atoms with Gasteiger partial charge < -0.3 is 9.47 Å². The zero-order chi connectivity index (χ0) is 21.2. The number of amides is 1. The van der Waals surface area contributed by atoms with E-state index in [1.165, 1.54) is 37.8 Å². The third kappa shape index (κ3) is 4.46. The Morgan fingerprint density at radius 3 is 2.03 bits per heavy atom. The second-order valence-corrected chi connectivity index (χ2v) is 9.17. The van der Waals surface area contributed by atoms with Crippen LogP contribution in [0.15, 0.2) is 53.6 Å². The fourth-order valence-electron chi connectivity index (χ4n) is 5.75. The van der Waals surface area contributed by atoms with Crippen LogP contribution in [0, 0.1) is 23.7 Å². The maximum absolute atomic E-state index is 12.6. The molecule has 4 aliphatic rings. The summed E-state index contributed by atoms with van der Waals surface area (Å²) in [5.41, 5.74) is 5.71. The maximum Gasteiger partial charge on any atom is 0.271 e. The van der Waals surface area contributed by atoms with Crippen molar-refractivity contribution in [3.63, 3.8) is 0 Å². The van der Waals surface area contributed by atoms with E-state index in [-0.39, 0.29) is 5.91 Å². The van der Waals surface area contributed by atoms with Crippen molar-refractivity contribution in [2.24, 2.45) is 28.8 Å². The molecule has 0 aromatic heterocycles. The van der Waals surface area contributed by atoms with Crippen LogP contribution in [0.1, 0.15) is 54.9 Å². The number of hydrazone groups is 1. The Kier molecular flexibility index (Phi) is 5.66. The molecule has 0 saturated heterocycles. The van der Waals surface area contributed by atoms with E-state index in [0.29, 0.717) is 30.6 Å².